The molecule has 0 amide bonds. The van der Waals surface area contributed by atoms with E-state index < -0.39 is 6.10 Å². The van der Waals surface area contributed by atoms with Crippen molar-refractivity contribution in [1.82, 2.24) is 0 Å². The minimum atomic E-state index is -0.616. The highest BCUT2D eigenvalue weighted by molar-refractivity contribution is 5.72. The number of unbranched alkanes of at least 4 members (excludes halogenated alkanes) is 6. The van der Waals surface area contributed by atoms with E-state index in [9.17, 15) is 9.90 Å². The van der Waals surface area contributed by atoms with Crippen LogP contribution >= 0.6 is 0 Å². The summed E-state index contributed by atoms with van der Waals surface area (Å²) in [5.74, 6) is 2.54. The maximum Gasteiger partial charge on any atom is 0.309 e. The quantitative estimate of drug-likeness (QED) is 0.241. The SMILES string of the molecule is C#CC(O)CCCCCC(C)C(C)C(=O)OC(C)CCCCCCC. The largest absolute Gasteiger partial charge is 0.462 e. The number of ether oxygens (including phenoxy) is 1. The summed E-state index contributed by atoms with van der Waals surface area (Å²) in [4.78, 5) is 12.3. The van der Waals surface area contributed by atoms with Crippen LogP contribution in [0.4, 0.5) is 0 Å². The van der Waals surface area contributed by atoms with Crippen molar-refractivity contribution < 1.29 is 14.6 Å². The summed E-state index contributed by atoms with van der Waals surface area (Å²) in [6, 6.07) is 0. The van der Waals surface area contributed by atoms with E-state index in [1.54, 1.807) is 0 Å². The van der Waals surface area contributed by atoms with Crippen LogP contribution in [-0.4, -0.2) is 23.3 Å². The van der Waals surface area contributed by atoms with Gasteiger partial charge >= 0.3 is 5.97 Å². The van der Waals surface area contributed by atoms with Crippen molar-refractivity contribution in [1.29, 1.82) is 0 Å². The summed E-state index contributed by atoms with van der Waals surface area (Å²) in [5.41, 5.74) is 0. The average Bonchev–Trinajstić information content (AvgIpc) is 2.59. The summed E-state index contributed by atoms with van der Waals surface area (Å²) < 4.78 is 5.62. The number of carbonyl (C=O) groups is 1. The van der Waals surface area contributed by atoms with Gasteiger partial charge in [-0.25, -0.2) is 0 Å². The first-order valence-corrected chi connectivity index (χ1v) is 10.3. The standard InChI is InChI=1S/C22H40O3/c1-6-8-9-10-13-16-19(4)25-22(24)20(5)18(3)15-12-11-14-17-21(23)7-2/h2,18-21,23H,6,8-17H2,1,3-5H3. The zero-order valence-electron chi connectivity index (χ0n) is 16.9. The number of hydrogen-bond acceptors (Lipinski definition) is 3. The van der Waals surface area contributed by atoms with Gasteiger partial charge in [0, 0.05) is 0 Å². The second-order valence-corrected chi connectivity index (χ2v) is 7.54. The van der Waals surface area contributed by atoms with E-state index in [1.165, 1.54) is 25.7 Å². The highest BCUT2D eigenvalue weighted by Crippen LogP contribution is 2.21. The van der Waals surface area contributed by atoms with Crippen LogP contribution in [0, 0.1) is 24.2 Å². The van der Waals surface area contributed by atoms with Gasteiger partial charge in [-0.3, -0.25) is 4.79 Å². The van der Waals surface area contributed by atoms with Crippen molar-refractivity contribution in [3.63, 3.8) is 0 Å². The van der Waals surface area contributed by atoms with E-state index in [0.29, 0.717) is 12.3 Å². The van der Waals surface area contributed by atoms with Crippen molar-refractivity contribution in [2.45, 2.75) is 111 Å². The number of terminal acetylenes is 1. The lowest BCUT2D eigenvalue weighted by Gasteiger charge is -2.21. The Labute approximate surface area is 155 Å². The van der Waals surface area contributed by atoms with E-state index in [0.717, 1.165) is 38.5 Å². The molecule has 25 heavy (non-hydrogen) atoms. The van der Waals surface area contributed by atoms with E-state index >= 15 is 0 Å². The molecule has 0 fully saturated rings. The number of aliphatic hydroxyl groups is 1. The fourth-order valence-corrected chi connectivity index (χ4v) is 2.95. The molecule has 0 aromatic heterocycles. The predicted octanol–water partition coefficient (Wildman–Crippen LogP) is 5.50. The molecular formula is C22H40O3. The summed E-state index contributed by atoms with van der Waals surface area (Å²) in [6.45, 7) is 8.32. The number of aliphatic hydroxyl groups excluding tert-OH is 1. The third-order valence-corrected chi connectivity index (χ3v) is 5.09. The number of carbonyl (C=O) groups excluding carboxylic acids is 1. The molecule has 0 bridgehead atoms. The van der Waals surface area contributed by atoms with Crippen molar-refractivity contribution in [2.24, 2.45) is 11.8 Å². The maximum atomic E-state index is 12.3. The third-order valence-electron chi connectivity index (χ3n) is 5.09. The number of hydrogen-bond donors (Lipinski definition) is 1. The Kier molecular flexibility index (Phi) is 14.6. The predicted molar refractivity (Wildman–Crippen MR) is 105 cm³/mol. The molecule has 3 heteroatoms. The van der Waals surface area contributed by atoms with Crippen LogP contribution in [0.1, 0.15) is 98.3 Å². The van der Waals surface area contributed by atoms with Gasteiger partial charge in [-0.2, -0.15) is 0 Å². The smallest absolute Gasteiger partial charge is 0.309 e. The molecular weight excluding hydrogens is 312 g/mol. The van der Waals surface area contributed by atoms with Crippen LogP contribution in [0.25, 0.3) is 0 Å². The van der Waals surface area contributed by atoms with Gasteiger partial charge in [-0.05, 0) is 44.9 Å². The molecule has 146 valence electrons. The molecule has 0 heterocycles. The van der Waals surface area contributed by atoms with Gasteiger partial charge in [0.15, 0.2) is 0 Å². The first-order valence-electron chi connectivity index (χ1n) is 10.3. The van der Waals surface area contributed by atoms with E-state index in [2.05, 4.69) is 19.8 Å². The maximum absolute atomic E-state index is 12.3. The lowest BCUT2D eigenvalue weighted by atomic mass is 9.90. The highest BCUT2D eigenvalue weighted by atomic mass is 16.5. The first kappa shape index (κ1) is 24.0. The van der Waals surface area contributed by atoms with Crippen molar-refractivity contribution >= 4 is 5.97 Å². The first-order chi connectivity index (χ1) is 11.9. The zero-order chi connectivity index (χ0) is 19.1. The highest BCUT2D eigenvalue weighted by Gasteiger charge is 2.22. The molecule has 0 aliphatic rings. The van der Waals surface area contributed by atoms with Crippen LogP contribution in [0.5, 0.6) is 0 Å². The molecule has 0 aliphatic carbocycles. The molecule has 0 aromatic rings. The van der Waals surface area contributed by atoms with E-state index in [1.807, 2.05) is 13.8 Å². The Balaban J connectivity index is 3.85. The number of esters is 1. The Bertz CT molecular complexity index is 372. The molecule has 0 aromatic carbocycles. The van der Waals surface area contributed by atoms with Gasteiger partial charge in [-0.1, -0.05) is 65.2 Å². The molecule has 0 rings (SSSR count). The van der Waals surface area contributed by atoms with Crippen LogP contribution in [0.15, 0.2) is 0 Å². The topological polar surface area (TPSA) is 46.5 Å². The zero-order valence-corrected chi connectivity index (χ0v) is 16.9. The lowest BCUT2D eigenvalue weighted by Crippen LogP contribution is -2.25. The summed E-state index contributed by atoms with van der Waals surface area (Å²) >= 11 is 0. The minimum Gasteiger partial charge on any atom is -0.462 e. The Hall–Kier alpha value is -1.01. The molecule has 0 aliphatic heterocycles. The van der Waals surface area contributed by atoms with Gasteiger partial charge in [0.1, 0.15) is 6.10 Å². The Morgan fingerprint density at radius 2 is 1.52 bits per heavy atom. The van der Waals surface area contributed by atoms with Gasteiger partial charge in [-0.15, -0.1) is 6.42 Å². The fourth-order valence-electron chi connectivity index (χ4n) is 2.95. The normalized spacial score (nSPS) is 15.8. The lowest BCUT2D eigenvalue weighted by molar-refractivity contribution is -0.154. The summed E-state index contributed by atoms with van der Waals surface area (Å²) in [5, 5.41) is 9.32. The van der Waals surface area contributed by atoms with Crippen LogP contribution < -0.4 is 0 Å². The Morgan fingerprint density at radius 1 is 0.960 bits per heavy atom. The van der Waals surface area contributed by atoms with Crippen molar-refractivity contribution in [3.8, 4) is 12.3 Å². The fraction of sp³-hybridized carbons (Fsp3) is 0.864. The monoisotopic (exact) mass is 352 g/mol. The molecule has 3 nitrogen and oxygen atoms in total. The number of rotatable bonds is 15. The second-order valence-electron chi connectivity index (χ2n) is 7.54. The van der Waals surface area contributed by atoms with Gasteiger partial charge < -0.3 is 9.84 Å². The molecule has 0 spiro atoms. The molecule has 1 N–H and O–H groups in total. The van der Waals surface area contributed by atoms with Gasteiger partial charge in [0.2, 0.25) is 0 Å². The van der Waals surface area contributed by atoms with E-state index in [4.69, 9.17) is 11.2 Å². The average molecular weight is 353 g/mol. The second kappa shape index (κ2) is 15.3. The molecule has 4 atom stereocenters. The third kappa shape index (κ3) is 12.9. The van der Waals surface area contributed by atoms with E-state index in [-0.39, 0.29) is 18.0 Å². The Morgan fingerprint density at radius 3 is 2.16 bits per heavy atom. The van der Waals surface area contributed by atoms with Crippen LogP contribution in [0.2, 0.25) is 0 Å². The van der Waals surface area contributed by atoms with Crippen LogP contribution in [-0.2, 0) is 9.53 Å². The minimum absolute atomic E-state index is 0.0222. The molecule has 0 saturated heterocycles. The van der Waals surface area contributed by atoms with Gasteiger partial charge in [0.25, 0.3) is 0 Å². The van der Waals surface area contributed by atoms with Gasteiger partial charge in [0.05, 0.1) is 12.0 Å². The van der Waals surface area contributed by atoms with Crippen molar-refractivity contribution in [2.75, 3.05) is 0 Å². The van der Waals surface area contributed by atoms with Crippen LogP contribution in [0.3, 0.4) is 0 Å². The van der Waals surface area contributed by atoms with Crippen molar-refractivity contribution in [3.05, 3.63) is 0 Å². The molecule has 0 saturated carbocycles. The molecule has 0 radical (unpaired) electrons. The molecule has 4 unspecified atom stereocenters. The summed E-state index contributed by atoms with van der Waals surface area (Å²) in [7, 11) is 0. The summed E-state index contributed by atoms with van der Waals surface area (Å²) in [6.07, 6.45) is 16.4.